The maximum atomic E-state index is 13.5. The van der Waals surface area contributed by atoms with E-state index >= 15 is 0 Å². The third kappa shape index (κ3) is 4.92. The molecular weight excluding hydrogens is 353 g/mol. The topological polar surface area (TPSA) is 35.1 Å². The van der Waals surface area contributed by atoms with Crippen LogP contribution >= 0.6 is 0 Å². The Morgan fingerprint density at radius 1 is 1.11 bits per heavy atom. The Kier molecular flexibility index (Phi) is 6.73. The van der Waals surface area contributed by atoms with Crippen molar-refractivity contribution in [3.8, 4) is 5.75 Å². The van der Waals surface area contributed by atoms with Crippen LogP contribution < -0.4 is 10.1 Å². The summed E-state index contributed by atoms with van der Waals surface area (Å²) in [7, 11) is 1.69. The number of quaternary nitrogens is 1. The largest absolute Gasteiger partial charge is 0.497 e. The van der Waals surface area contributed by atoms with Crippen LogP contribution in [0.2, 0.25) is 0 Å². The van der Waals surface area contributed by atoms with Crippen molar-refractivity contribution in [1.29, 1.82) is 0 Å². The first-order chi connectivity index (χ1) is 13.5. The predicted molar refractivity (Wildman–Crippen MR) is 110 cm³/mol. The molecule has 1 heterocycles. The molecule has 0 aliphatic carbocycles. The van der Waals surface area contributed by atoms with E-state index in [2.05, 4.69) is 31.3 Å². The lowest BCUT2D eigenvalue weighted by Gasteiger charge is -2.46. The van der Waals surface area contributed by atoms with Crippen LogP contribution in [-0.2, 0) is 16.7 Å². The summed E-state index contributed by atoms with van der Waals surface area (Å²) >= 11 is 0. The minimum atomic E-state index is -0.171. The van der Waals surface area contributed by atoms with E-state index in [1.807, 2.05) is 24.3 Å². The van der Waals surface area contributed by atoms with E-state index in [0.717, 1.165) is 51.1 Å². The van der Waals surface area contributed by atoms with Gasteiger partial charge in [-0.25, -0.2) is 4.39 Å². The molecule has 1 aliphatic rings. The lowest BCUT2D eigenvalue weighted by molar-refractivity contribution is -0.672. The van der Waals surface area contributed by atoms with Gasteiger partial charge in [-0.3, -0.25) is 0 Å². The Labute approximate surface area is 168 Å². The zero-order valence-electron chi connectivity index (χ0n) is 17.3. The van der Waals surface area contributed by atoms with Gasteiger partial charge in [0.05, 0.1) is 19.3 Å². The van der Waals surface area contributed by atoms with Crippen LogP contribution in [0.1, 0.15) is 50.7 Å². The molecule has 1 saturated heterocycles. The van der Waals surface area contributed by atoms with Crippen LogP contribution in [0, 0.1) is 5.82 Å². The van der Waals surface area contributed by atoms with E-state index in [9.17, 15) is 4.39 Å². The van der Waals surface area contributed by atoms with E-state index in [4.69, 9.17) is 9.47 Å². The van der Waals surface area contributed by atoms with E-state index in [1.54, 1.807) is 19.2 Å². The molecule has 4 heteroatoms. The van der Waals surface area contributed by atoms with Crippen LogP contribution in [-0.4, -0.2) is 25.9 Å². The lowest BCUT2D eigenvalue weighted by Crippen LogP contribution is -2.83. The third-order valence-corrected chi connectivity index (χ3v) is 6.31. The molecule has 1 fully saturated rings. The summed E-state index contributed by atoms with van der Waals surface area (Å²) in [5.41, 5.74) is 2.48. The maximum Gasteiger partial charge on any atom is 0.123 e. The van der Waals surface area contributed by atoms with Gasteiger partial charge >= 0.3 is 0 Å². The number of hydrogen-bond donors (Lipinski definition) is 1. The van der Waals surface area contributed by atoms with Gasteiger partial charge in [0, 0.05) is 24.0 Å². The maximum absolute atomic E-state index is 13.5. The van der Waals surface area contributed by atoms with Crippen LogP contribution in [0.3, 0.4) is 0 Å². The molecule has 0 aromatic heterocycles. The van der Waals surface area contributed by atoms with Crippen molar-refractivity contribution in [3.63, 3.8) is 0 Å². The van der Waals surface area contributed by atoms with Gasteiger partial charge in [-0.15, -0.1) is 0 Å². The van der Waals surface area contributed by atoms with Gasteiger partial charge in [-0.2, -0.15) is 0 Å². The summed E-state index contributed by atoms with van der Waals surface area (Å²) in [5, 5.41) is 2.37. The van der Waals surface area contributed by atoms with E-state index < -0.39 is 0 Å². The van der Waals surface area contributed by atoms with E-state index in [1.165, 1.54) is 11.1 Å². The van der Waals surface area contributed by atoms with Crippen LogP contribution in [0.15, 0.2) is 48.5 Å². The van der Waals surface area contributed by atoms with Crippen molar-refractivity contribution in [2.75, 3.05) is 20.3 Å². The molecule has 0 unspecified atom stereocenters. The fourth-order valence-corrected chi connectivity index (χ4v) is 4.39. The Balaban J connectivity index is 1.68. The number of nitrogens with two attached hydrogens (primary N) is 1. The molecule has 2 N–H and O–H groups in total. The second-order valence-electron chi connectivity index (χ2n) is 8.25. The van der Waals surface area contributed by atoms with Crippen LogP contribution in [0.5, 0.6) is 5.75 Å². The van der Waals surface area contributed by atoms with Crippen LogP contribution in [0.25, 0.3) is 0 Å². The summed E-state index contributed by atoms with van der Waals surface area (Å²) in [4.78, 5) is 0. The van der Waals surface area contributed by atoms with E-state index in [0.29, 0.717) is 0 Å². The Morgan fingerprint density at radius 3 is 2.46 bits per heavy atom. The average molecular weight is 387 g/mol. The quantitative estimate of drug-likeness (QED) is 0.690. The molecule has 28 heavy (non-hydrogen) atoms. The highest BCUT2D eigenvalue weighted by atomic mass is 19.1. The molecule has 2 aromatic rings. The Morgan fingerprint density at radius 2 is 1.82 bits per heavy atom. The summed E-state index contributed by atoms with van der Waals surface area (Å²) in [5.74, 6) is 0.718. The van der Waals surface area contributed by atoms with Gasteiger partial charge < -0.3 is 14.8 Å². The molecule has 0 amide bonds. The van der Waals surface area contributed by atoms with Crippen molar-refractivity contribution in [2.45, 2.75) is 57.1 Å². The zero-order chi connectivity index (χ0) is 20.0. The zero-order valence-corrected chi connectivity index (χ0v) is 17.3. The monoisotopic (exact) mass is 386 g/mol. The highest BCUT2D eigenvalue weighted by molar-refractivity contribution is 5.28. The molecule has 2 aromatic carbocycles. The van der Waals surface area contributed by atoms with Gasteiger partial charge in [0.2, 0.25) is 0 Å². The number of methoxy groups -OCH3 is 1. The van der Waals surface area contributed by atoms with Gasteiger partial charge in [0.1, 0.15) is 18.1 Å². The predicted octanol–water partition coefficient (Wildman–Crippen LogP) is 4.20. The van der Waals surface area contributed by atoms with Gasteiger partial charge in [-0.05, 0) is 68.1 Å². The lowest BCUT2D eigenvalue weighted by atomic mass is 9.66. The van der Waals surface area contributed by atoms with Crippen molar-refractivity contribution >= 4 is 0 Å². The summed E-state index contributed by atoms with van der Waals surface area (Å²) < 4.78 is 24.8. The first-order valence-electron chi connectivity index (χ1n) is 10.3. The Bertz CT molecular complexity index is 746. The van der Waals surface area contributed by atoms with Crippen molar-refractivity contribution in [1.82, 2.24) is 0 Å². The first kappa shape index (κ1) is 20.8. The second kappa shape index (κ2) is 9.06. The highest BCUT2D eigenvalue weighted by Gasteiger charge is 2.43. The Hall–Kier alpha value is -1.91. The minimum absolute atomic E-state index is 0.0487. The van der Waals surface area contributed by atoms with Gasteiger partial charge in [-0.1, -0.05) is 19.1 Å². The normalized spacial score (nSPS) is 24.9. The SMILES string of the molecule is CC[C@@]1(C)C[C@@](CC[NH2+]Cc2ccc(OC)cc2)(c2ccc(F)cc2)CCO1. The molecule has 3 nitrogen and oxygen atoms in total. The van der Waals surface area contributed by atoms with Crippen molar-refractivity contribution in [2.24, 2.45) is 0 Å². The molecule has 152 valence electrons. The molecule has 3 rings (SSSR count). The second-order valence-corrected chi connectivity index (χ2v) is 8.25. The standard InChI is InChI=1S/C24H32FNO2/c1-4-23(2)18-24(14-16-28-23,20-7-9-21(25)10-8-20)13-15-26-17-19-5-11-22(27-3)12-6-19/h5-12,26H,4,13-18H2,1-3H3/p+1/t23-,24-/m0/s1. The fourth-order valence-electron chi connectivity index (χ4n) is 4.39. The molecule has 0 saturated carbocycles. The van der Waals surface area contributed by atoms with Crippen LogP contribution in [0.4, 0.5) is 4.39 Å². The molecule has 1 aliphatic heterocycles. The molecular formula is C24H33FNO2+. The van der Waals surface area contributed by atoms with E-state index in [-0.39, 0.29) is 16.8 Å². The number of rotatable bonds is 8. The summed E-state index contributed by atoms with van der Waals surface area (Å²) in [6.45, 7) is 7.15. The molecule has 0 bridgehead atoms. The number of hydrogen-bond acceptors (Lipinski definition) is 2. The highest BCUT2D eigenvalue weighted by Crippen LogP contribution is 2.44. The number of benzene rings is 2. The van der Waals surface area contributed by atoms with Gasteiger partial charge in [0.25, 0.3) is 0 Å². The number of halogens is 1. The van der Waals surface area contributed by atoms with Gasteiger partial charge in [0.15, 0.2) is 0 Å². The first-order valence-corrected chi connectivity index (χ1v) is 10.3. The fraction of sp³-hybridized carbons (Fsp3) is 0.500. The van der Waals surface area contributed by atoms with Crippen molar-refractivity contribution in [3.05, 3.63) is 65.5 Å². The number of ether oxygens (including phenoxy) is 2. The minimum Gasteiger partial charge on any atom is -0.497 e. The molecule has 2 atom stereocenters. The summed E-state index contributed by atoms with van der Waals surface area (Å²) in [6.07, 6.45) is 4.03. The summed E-state index contributed by atoms with van der Waals surface area (Å²) in [6, 6.07) is 15.4. The third-order valence-electron chi connectivity index (χ3n) is 6.31. The van der Waals surface area contributed by atoms with Crippen molar-refractivity contribution < 1.29 is 19.2 Å². The molecule has 0 spiro atoms. The molecule has 0 radical (unpaired) electrons. The average Bonchev–Trinajstić information content (AvgIpc) is 2.72. The smallest absolute Gasteiger partial charge is 0.123 e.